The summed E-state index contributed by atoms with van der Waals surface area (Å²) in [5, 5.41) is 0. The Morgan fingerprint density at radius 2 is 1.86 bits per heavy atom. The molecule has 2 rings (SSSR count). The van der Waals surface area contributed by atoms with Gasteiger partial charge in [-0.3, -0.25) is 0 Å². The molecule has 21 heavy (non-hydrogen) atoms. The highest BCUT2D eigenvalue weighted by atomic mass is 19.1. The van der Waals surface area contributed by atoms with Gasteiger partial charge in [-0.05, 0) is 12.1 Å². The van der Waals surface area contributed by atoms with E-state index >= 15 is 0 Å². The predicted octanol–water partition coefficient (Wildman–Crippen LogP) is 2.97. The van der Waals surface area contributed by atoms with E-state index in [1.807, 2.05) is 20.8 Å². The van der Waals surface area contributed by atoms with Crippen molar-refractivity contribution in [2.75, 3.05) is 17.4 Å². The molecule has 0 spiro atoms. The molecule has 0 aliphatic heterocycles. The molecular weight excluding hydrogens is 269 g/mol. The number of para-hydroxylation sites is 1. The maximum absolute atomic E-state index is 13.9. The van der Waals surface area contributed by atoms with Crippen molar-refractivity contribution in [3.63, 3.8) is 0 Å². The topological polar surface area (TPSA) is 67.1 Å². The third-order valence-corrected chi connectivity index (χ3v) is 3.09. The lowest BCUT2D eigenvalue weighted by molar-refractivity contribution is 0.546. The number of anilines is 3. The van der Waals surface area contributed by atoms with Crippen molar-refractivity contribution >= 4 is 17.3 Å². The summed E-state index contributed by atoms with van der Waals surface area (Å²) in [7, 11) is 1.76. The van der Waals surface area contributed by atoms with E-state index in [4.69, 9.17) is 5.84 Å². The molecule has 0 saturated carbocycles. The first kappa shape index (κ1) is 15.2. The Bertz CT molecular complexity index is 636. The molecule has 0 bridgehead atoms. The molecule has 0 amide bonds. The number of benzene rings is 1. The van der Waals surface area contributed by atoms with Gasteiger partial charge in [0.2, 0.25) is 0 Å². The van der Waals surface area contributed by atoms with Gasteiger partial charge in [0, 0.05) is 18.5 Å². The first-order valence-electron chi connectivity index (χ1n) is 6.67. The van der Waals surface area contributed by atoms with Crippen LogP contribution in [0.4, 0.5) is 21.7 Å². The maximum Gasteiger partial charge on any atom is 0.146 e. The average Bonchev–Trinajstić information content (AvgIpc) is 2.45. The summed E-state index contributed by atoms with van der Waals surface area (Å²) in [5.74, 6) is 6.87. The van der Waals surface area contributed by atoms with Gasteiger partial charge in [-0.15, -0.1) is 0 Å². The minimum Gasteiger partial charge on any atom is -0.327 e. The van der Waals surface area contributed by atoms with E-state index in [0.717, 1.165) is 0 Å². The molecule has 0 aliphatic carbocycles. The number of rotatable bonds is 3. The van der Waals surface area contributed by atoms with Crippen molar-refractivity contribution in [1.29, 1.82) is 0 Å². The van der Waals surface area contributed by atoms with Crippen LogP contribution in [-0.2, 0) is 5.41 Å². The van der Waals surface area contributed by atoms with Crippen LogP contribution in [0, 0.1) is 5.82 Å². The molecule has 0 unspecified atom stereocenters. The highest BCUT2D eigenvalue weighted by molar-refractivity contribution is 5.62. The fourth-order valence-electron chi connectivity index (χ4n) is 1.86. The molecule has 112 valence electrons. The quantitative estimate of drug-likeness (QED) is 0.671. The van der Waals surface area contributed by atoms with E-state index < -0.39 is 0 Å². The van der Waals surface area contributed by atoms with Gasteiger partial charge in [0.1, 0.15) is 23.3 Å². The number of hydrazine groups is 1. The van der Waals surface area contributed by atoms with Gasteiger partial charge in [-0.1, -0.05) is 32.9 Å². The Labute approximate surface area is 124 Å². The van der Waals surface area contributed by atoms with E-state index in [-0.39, 0.29) is 11.2 Å². The standard InChI is InChI=1S/C15H20FN5/c1-15(2,3)14-18-12(20-17)9-13(19-14)21(4)11-8-6-5-7-10(11)16/h5-9H,17H2,1-4H3,(H,18,19,20). The molecular formula is C15H20FN5. The zero-order chi connectivity index (χ0) is 15.6. The lowest BCUT2D eigenvalue weighted by atomic mass is 9.96. The smallest absolute Gasteiger partial charge is 0.146 e. The number of nitrogens with zero attached hydrogens (tertiary/aromatic N) is 3. The first-order chi connectivity index (χ1) is 9.82. The molecule has 0 saturated heterocycles. The van der Waals surface area contributed by atoms with E-state index in [2.05, 4.69) is 15.4 Å². The van der Waals surface area contributed by atoms with Crippen LogP contribution in [0.2, 0.25) is 0 Å². The highest BCUT2D eigenvalue weighted by Crippen LogP contribution is 2.28. The zero-order valence-corrected chi connectivity index (χ0v) is 12.7. The van der Waals surface area contributed by atoms with Crippen molar-refractivity contribution < 1.29 is 4.39 Å². The molecule has 1 aromatic carbocycles. The van der Waals surface area contributed by atoms with E-state index in [0.29, 0.717) is 23.1 Å². The molecule has 0 radical (unpaired) electrons. The summed E-state index contributed by atoms with van der Waals surface area (Å²) in [6.07, 6.45) is 0. The molecule has 3 N–H and O–H groups in total. The third-order valence-electron chi connectivity index (χ3n) is 3.09. The van der Waals surface area contributed by atoms with Gasteiger partial charge in [0.15, 0.2) is 0 Å². The SMILES string of the molecule is CN(c1cc(NN)nc(C(C)(C)C)n1)c1ccccc1F. The molecule has 0 fully saturated rings. The summed E-state index contributed by atoms with van der Waals surface area (Å²) in [5.41, 5.74) is 2.73. The number of aromatic nitrogens is 2. The average molecular weight is 289 g/mol. The van der Waals surface area contributed by atoms with E-state index in [1.54, 1.807) is 36.2 Å². The number of nitrogen functional groups attached to an aromatic ring is 1. The number of hydrogen-bond acceptors (Lipinski definition) is 5. The van der Waals surface area contributed by atoms with E-state index in [1.165, 1.54) is 6.07 Å². The number of nitrogens with one attached hydrogen (secondary N) is 1. The maximum atomic E-state index is 13.9. The van der Waals surface area contributed by atoms with Crippen molar-refractivity contribution in [2.24, 2.45) is 5.84 Å². The van der Waals surface area contributed by atoms with Gasteiger partial charge in [0.05, 0.1) is 5.69 Å². The van der Waals surface area contributed by atoms with Crippen molar-refractivity contribution in [2.45, 2.75) is 26.2 Å². The summed E-state index contributed by atoms with van der Waals surface area (Å²) in [4.78, 5) is 10.6. The van der Waals surface area contributed by atoms with E-state index in [9.17, 15) is 4.39 Å². The Kier molecular flexibility index (Phi) is 4.09. The fraction of sp³-hybridized carbons (Fsp3) is 0.333. The molecule has 1 heterocycles. The minimum atomic E-state index is -0.307. The zero-order valence-electron chi connectivity index (χ0n) is 12.7. The second-order valence-electron chi connectivity index (χ2n) is 5.84. The molecule has 6 heteroatoms. The fourth-order valence-corrected chi connectivity index (χ4v) is 1.86. The van der Waals surface area contributed by atoms with Crippen LogP contribution in [0.5, 0.6) is 0 Å². The lowest BCUT2D eigenvalue weighted by Crippen LogP contribution is -2.22. The summed E-state index contributed by atoms with van der Waals surface area (Å²) in [6, 6.07) is 8.23. The van der Waals surface area contributed by atoms with Crippen molar-refractivity contribution in [3.05, 3.63) is 42.0 Å². The number of hydrogen-bond donors (Lipinski definition) is 2. The largest absolute Gasteiger partial charge is 0.327 e. The Morgan fingerprint density at radius 1 is 1.19 bits per heavy atom. The Balaban J connectivity index is 2.51. The third kappa shape index (κ3) is 3.28. The first-order valence-corrected chi connectivity index (χ1v) is 6.67. The van der Waals surface area contributed by atoms with Crippen LogP contribution in [0.25, 0.3) is 0 Å². The second kappa shape index (κ2) is 5.65. The second-order valence-corrected chi connectivity index (χ2v) is 5.84. The monoisotopic (exact) mass is 289 g/mol. The van der Waals surface area contributed by atoms with Crippen molar-refractivity contribution in [3.8, 4) is 0 Å². The van der Waals surface area contributed by atoms with Gasteiger partial charge in [-0.25, -0.2) is 20.2 Å². The Morgan fingerprint density at radius 3 is 2.43 bits per heavy atom. The number of halogens is 1. The van der Waals surface area contributed by atoms with Crippen LogP contribution in [0.3, 0.4) is 0 Å². The van der Waals surface area contributed by atoms with Crippen LogP contribution in [0.15, 0.2) is 30.3 Å². The summed E-state index contributed by atoms with van der Waals surface area (Å²) >= 11 is 0. The van der Waals surface area contributed by atoms with Gasteiger partial charge >= 0.3 is 0 Å². The predicted molar refractivity (Wildman–Crippen MR) is 83.0 cm³/mol. The van der Waals surface area contributed by atoms with Gasteiger partial charge < -0.3 is 10.3 Å². The van der Waals surface area contributed by atoms with Crippen LogP contribution < -0.4 is 16.2 Å². The molecule has 2 aromatic rings. The number of nitrogens with two attached hydrogens (primary N) is 1. The Hall–Kier alpha value is -2.21. The normalized spacial score (nSPS) is 11.3. The van der Waals surface area contributed by atoms with Gasteiger partial charge in [-0.2, -0.15) is 0 Å². The summed E-state index contributed by atoms with van der Waals surface area (Å²) < 4.78 is 13.9. The van der Waals surface area contributed by atoms with Crippen molar-refractivity contribution in [1.82, 2.24) is 9.97 Å². The lowest BCUT2D eigenvalue weighted by Gasteiger charge is -2.23. The highest BCUT2D eigenvalue weighted by Gasteiger charge is 2.21. The van der Waals surface area contributed by atoms with Crippen LogP contribution in [-0.4, -0.2) is 17.0 Å². The molecule has 1 aromatic heterocycles. The van der Waals surface area contributed by atoms with Gasteiger partial charge in [0.25, 0.3) is 0 Å². The molecule has 5 nitrogen and oxygen atoms in total. The molecule has 0 atom stereocenters. The minimum absolute atomic E-state index is 0.238. The molecule has 0 aliphatic rings. The van der Waals surface area contributed by atoms with Crippen LogP contribution >= 0.6 is 0 Å². The summed E-state index contributed by atoms with van der Waals surface area (Å²) in [6.45, 7) is 6.03. The van der Waals surface area contributed by atoms with Crippen LogP contribution in [0.1, 0.15) is 26.6 Å².